The van der Waals surface area contributed by atoms with Gasteiger partial charge in [0.1, 0.15) is 5.82 Å². The summed E-state index contributed by atoms with van der Waals surface area (Å²) < 4.78 is 11.2. The number of hydrogen-bond acceptors (Lipinski definition) is 3. The summed E-state index contributed by atoms with van der Waals surface area (Å²) >= 11 is 0. The summed E-state index contributed by atoms with van der Waals surface area (Å²) in [4.78, 5) is 8.51. The van der Waals surface area contributed by atoms with Crippen LogP contribution in [-0.2, 0) is 15.9 Å². The summed E-state index contributed by atoms with van der Waals surface area (Å²) in [6.45, 7) is 5.41. The van der Waals surface area contributed by atoms with Gasteiger partial charge in [0.25, 0.3) is 0 Å². The Kier molecular flexibility index (Phi) is 9.64. The molecule has 0 spiro atoms. The fourth-order valence-electron chi connectivity index (χ4n) is 3.44. The minimum Gasteiger partial charge on any atom is -0.381 e. The van der Waals surface area contributed by atoms with Crippen LogP contribution in [0.2, 0.25) is 0 Å². The fraction of sp³-hybridized carbons (Fsp3) is 0.423. The van der Waals surface area contributed by atoms with Crippen molar-refractivity contribution in [2.45, 2.75) is 45.4 Å². The number of nitrogens with zero attached hydrogens (tertiary/aromatic N) is 1. The lowest BCUT2D eigenvalue weighted by Crippen LogP contribution is -2.02. The standard InChI is InChI=1S/C26H34N2O2/c1-2-18-29-20-12-21-30-19-11-5-10-17-24-27-25(22-13-6-3-7-14-22)26(28-24)23-15-8-4-9-16-23/h3-4,6-9,13-16H,2,5,10-12,17-21H2,1H3,(H,27,28). The lowest BCUT2D eigenvalue weighted by Gasteiger charge is -2.05. The van der Waals surface area contributed by atoms with Crippen molar-refractivity contribution in [3.05, 3.63) is 66.5 Å². The normalized spacial score (nSPS) is 11.1. The number of aromatic nitrogens is 2. The first kappa shape index (κ1) is 22.3. The van der Waals surface area contributed by atoms with Crippen LogP contribution >= 0.6 is 0 Å². The third-order valence-corrected chi connectivity index (χ3v) is 4.99. The zero-order chi connectivity index (χ0) is 20.9. The van der Waals surface area contributed by atoms with Crippen LogP contribution in [0.15, 0.2) is 60.7 Å². The Morgan fingerprint density at radius 3 is 2.03 bits per heavy atom. The van der Waals surface area contributed by atoms with Gasteiger partial charge in [-0.15, -0.1) is 0 Å². The molecule has 0 atom stereocenters. The van der Waals surface area contributed by atoms with Crippen LogP contribution in [0.4, 0.5) is 0 Å². The van der Waals surface area contributed by atoms with Crippen LogP contribution in [0.3, 0.4) is 0 Å². The molecular weight excluding hydrogens is 372 g/mol. The molecule has 0 radical (unpaired) electrons. The highest BCUT2D eigenvalue weighted by Crippen LogP contribution is 2.30. The lowest BCUT2D eigenvalue weighted by molar-refractivity contribution is 0.0813. The topological polar surface area (TPSA) is 47.1 Å². The molecule has 0 bridgehead atoms. The predicted octanol–water partition coefficient (Wildman–Crippen LogP) is 6.29. The molecule has 3 rings (SSSR count). The predicted molar refractivity (Wildman–Crippen MR) is 124 cm³/mol. The van der Waals surface area contributed by atoms with E-state index in [0.717, 1.165) is 87.7 Å². The average molecular weight is 407 g/mol. The molecule has 30 heavy (non-hydrogen) atoms. The summed E-state index contributed by atoms with van der Waals surface area (Å²) in [5, 5.41) is 0. The molecule has 1 aromatic heterocycles. The molecule has 4 nitrogen and oxygen atoms in total. The van der Waals surface area contributed by atoms with Crippen molar-refractivity contribution in [1.82, 2.24) is 9.97 Å². The average Bonchev–Trinajstić information content (AvgIpc) is 3.23. The number of nitrogens with one attached hydrogen (secondary N) is 1. The third kappa shape index (κ3) is 7.12. The Morgan fingerprint density at radius 2 is 1.33 bits per heavy atom. The summed E-state index contributed by atoms with van der Waals surface area (Å²) in [6, 6.07) is 20.9. The molecule has 0 saturated carbocycles. The van der Waals surface area contributed by atoms with Crippen molar-refractivity contribution >= 4 is 0 Å². The molecule has 0 aliphatic rings. The lowest BCUT2D eigenvalue weighted by atomic mass is 10.1. The minimum absolute atomic E-state index is 0.794. The number of hydrogen-bond donors (Lipinski definition) is 1. The van der Waals surface area contributed by atoms with E-state index in [4.69, 9.17) is 14.5 Å². The third-order valence-electron chi connectivity index (χ3n) is 4.99. The van der Waals surface area contributed by atoms with Crippen molar-refractivity contribution in [1.29, 1.82) is 0 Å². The van der Waals surface area contributed by atoms with Gasteiger partial charge < -0.3 is 14.5 Å². The van der Waals surface area contributed by atoms with Crippen molar-refractivity contribution in [3.8, 4) is 22.5 Å². The summed E-state index contributed by atoms with van der Waals surface area (Å²) in [5.41, 5.74) is 4.46. The van der Waals surface area contributed by atoms with Gasteiger partial charge in [-0.2, -0.15) is 0 Å². The first-order valence-electron chi connectivity index (χ1n) is 11.2. The molecule has 0 unspecified atom stereocenters. The molecule has 0 aliphatic carbocycles. The Morgan fingerprint density at radius 1 is 0.700 bits per heavy atom. The highest BCUT2D eigenvalue weighted by atomic mass is 16.5. The van der Waals surface area contributed by atoms with Crippen LogP contribution < -0.4 is 0 Å². The molecule has 2 aromatic carbocycles. The van der Waals surface area contributed by atoms with E-state index in [9.17, 15) is 0 Å². The van der Waals surface area contributed by atoms with Crippen molar-refractivity contribution < 1.29 is 9.47 Å². The summed E-state index contributed by atoms with van der Waals surface area (Å²) in [6.07, 6.45) is 6.37. The molecular formula is C26H34N2O2. The van der Waals surface area contributed by atoms with Crippen LogP contribution in [0.25, 0.3) is 22.5 Å². The first-order valence-corrected chi connectivity index (χ1v) is 11.2. The molecule has 1 heterocycles. The van der Waals surface area contributed by atoms with Gasteiger partial charge in [-0.1, -0.05) is 74.0 Å². The van der Waals surface area contributed by atoms with Gasteiger partial charge in [0.15, 0.2) is 0 Å². The first-order chi connectivity index (χ1) is 14.9. The second-order valence-electron chi connectivity index (χ2n) is 7.53. The number of benzene rings is 2. The van der Waals surface area contributed by atoms with Gasteiger partial charge >= 0.3 is 0 Å². The Hall–Kier alpha value is -2.43. The van der Waals surface area contributed by atoms with Gasteiger partial charge in [-0.3, -0.25) is 0 Å². The number of imidazole rings is 1. The van der Waals surface area contributed by atoms with E-state index < -0.39 is 0 Å². The van der Waals surface area contributed by atoms with Crippen LogP contribution in [0, 0.1) is 0 Å². The van der Waals surface area contributed by atoms with Gasteiger partial charge in [-0.05, 0) is 25.7 Å². The molecule has 160 valence electrons. The van der Waals surface area contributed by atoms with E-state index in [1.54, 1.807) is 0 Å². The molecule has 0 fully saturated rings. The minimum atomic E-state index is 0.794. The number of aromatic amines is 1. The Bertz CT molecular complexity index is 774. The zero-order valence-electron chi connectivity index (χ0n) is 18.1. The highest BCUT2D eigenvalue weighted by molar-refractivity contribution is 5.78. The quantitative estimate of drug-likeness (QED) is 0.320. The Balaban J connectivity index is 1.46. The maximum absolute atomic E-state index is 5.70. The van der Waals surface area contributed by atoms with E-state index >= 15 is 0 Å². The number of ether oxygens (including phenoxy) is 2. The van der Waals surface area contributed by atoms with E-state index in [0.29, 0.717) is 0 Å². The van der Waals surface area contributed by atoms with Gasteiger partial charge in [0, 0.05) is 44.0 Å². The molecule has 4 heteroatoms. The molecule has 0 amide bonds. The summed E-state index contributed by atoms with van der Waals surface area (Å²) in [5.74, 6) is 1.06. The monoisotopic (exact) mass is 406 g/mol. The number of H-pyrrole nitrogens is 1. The molecule has 0 aliphatic heterocycles. The van der Waals surface area contributed by atoms with Crippen molar-refractivity contribution in [3.63, 3.8) is 0 Å². The van der Waals surface area contributed by atoms with Gasteiger partial charge in [-0.25, -0.2) is 4.98 Å². The van der Waals surface area contributed by atoms with E-state index in [1.807, 2.05) is 12.1 Å². The number of unbranched alkanes of at least 4 members (excludes halogenated alkanes) is 2. The van der Waals surface area contributed by atoms with E-state index in [1.165, 1.54) is 5.56 Å². The van der Waals surface area contributed by atoms with Crippen LogP contribution in [-0.4, -0.2) is 36.4 Å². The Labute approximate surface area is 180 Å². The smallest absolute Gasteiger partial charge is 0.107 e. The van der Waals surface area contributed by atoms with Gasteiger partial charge in [0.05, 0.1) is 11.4 Å². The fourth-order valence-corrected chi connectivity index (χ4v) is 3.44. The molecule has 3 aromatic rings. The van der Waals surface area contributed by atoms with E-state index in [2.05, 4.69) is 60.4 Å². The highest BCUT2D eigenvalue weighted by Gasteiger charge is 2.13. The van der Waals surface area contributed by atoms with Crippen LogP contribution in [0.1, 0.15) is 44.9 Å². The summed E-state index contributed by atoms with van der Waals surface area (Å²) in [7, 11) is 0. The second-order valence-corrected chi connectivity index (χ2v) is 7.53. The van der Waals surface area contributed by atoms with Crippen molar-refractivity contribution in [2.75, 3.05) is 26.4 Å². The van der Waals surface area contributed by atoms with Gasteiger partial charge in [0.2, 0.25) is 0 Å². The maximum Gasteiger partial charge on any atom is 0.107 e. The SMILES string of the molecule is CCCOCCCOCCCCCc1nc(-c2ccccc2)c(-c2ccccc2)[nH]1. The maximum atomic E-state index is 5.70. The van der Waals surface area contributed by atoms with Crippen molar-refractivity contribution in [2.24, 2.45) is 0 Å². The van der Waals surface area contributed by atoms with E-state index in [-0.39, 0.29) is 0 Å². The molecule has 1 N–H and O–H groups in total. The largest absolute Gasteiger partial charge is 0.381 e. The second kappa shape index (κ2) is 13.0. The number of aryl methyl sites for hydroxylation is 1. The van der Waals surface area contributed by atoms with Crippen LogP contribution in [0.5, 0.6) is 0 Å². The molecule has 0 saturated heterocycles. The zero-order valence-corrected chi connectivity index (χ0v) is 18.1. The number of rotatable bonds is 14.